The maximum Gasteiger partial charge on any atom is 0.0936 e. The van der Waals surface area contributed by atoms with E-state index in [1.165, 1.54) is 0 Å². The molecule has 1 heterocycles. The fourth-order valence-electron chi connectivity index (χ4n) is 2.74. The van der Waals surface area contributed by atoms with Crippen molar-refractivity contribution >= 4 is 22.8 Å². The summed E-state index contributed by atoms with van der Waals surface area (Å²) in [5, 5.41) is 25.9. The third-order valence-corrected chi connectivity index (χ3v) is 4.27. The Kier molecular flexibility index (Phi) is 4.84. The van der Waals surface area contributed by atoms with Crippen molar-refractivity contribution in [3.05, 3.63) is 102 Å². The van der Waals surface area contributed by atoms with Crippen molar-refractivity contribution in [2.45, 2.75) is 0 Å². The summed E-state index contributed by atoms with van der Waals surface area (Å²) in [5.74, 6) is 0. The van der Waals surface area contributed by atoms with Crippen LogP contribution in [-0.4, -0.2) is 27.4 Å². The van der Waals surface area contributed by atoms with Crippen molar-refractivity contribution in [2.24, 2.45) is 27.5 Å². The molecule has 4 rings (SSSR count). The van der Waals surface area contributed by atoms with Crippen LogP contribution >= 0.6 is 0 Å². The largest absolute Gasteiger partial charge is 0.357 e. The van der Waals surface area contributed by atoms with Gasteiger partial charge < -0.3 is 9.98 Å². The summed E-state index contributed by atoms with van der Waals surface area (Å²) >= 11 is 0. The van der Waals surface area contributed by atoms with Crippen molar-refractivity contribution in [1.29, 1.82) is 5.41 Å². The summed E-state index contributed by atoms with van der Waals surface area (Å²) in [4.78, 5) is 0. The van der Waals surface area contributed by atoms with Gasteiger partial charge in [0.05, 0.1) is 28.2 Å². The Morgan fingerprint density at radius 1 is 0.679 bits per heavy atom. The molecule has 1 aromatic carbocycles. The number of aryl methyl sites for hydroxylation is 1. The second kappa shape index (κ2) is 7.75. The summed E-state index contributed by atoms with van der Waals surface area (Å²) < 4.78 is 1.94. The van der Waals surface area contributed by atoms with Crippen LogP contribution in [0.2, 0.25) is 0 Å². The molecule has 2 aromatic rings. The Morgan fingerprint density at radius 2 is 1.29 bits per heavy atom. The van der Waals surface area contributed by atoms with Gasteiger partial charge in [-0.05, 0) is 48.6 Å². The van der Waals surface area contributed by atoms with E-state index in [-0.39, 0.29) is 0 Å². The quantitative estimate of drug-likeness (QED) is 0.626. The summed E-state index contributed by atoms with van der Waals surface area (Å²) in [7, 11) is 1.96. The average molecular weight is 366 g/mol. The lowest BCUT2D eigenvalue weighted by Crippen LogP contribution is -2.12. The van der Waals surface area contributed by atoms with Gasteiger partial charge in [-0.15, -0.1) is 5.10 Å². The molecule has 0 amide bonds. The number of allylic oxidation sites excluding steroid dienone is 6. The molecule has 0 unspecified atom stereocenters. The number of benzene rings is 1. The van der Waals surface area contributed by atoms with Gasteiger partial charge in [0.15, 0.2) is 0 Å². The first kappa shape index (κ1) is 17.5. The van der Waals surface area contributed by atoms with Crippen molar-refractivity contribution in [1.82, 2.24) is 4.57 Å². The van der Waals surface area contributed by atoms with Crippen LogP contribution < -0.4 is 5.36 Å². The lowest BCUT2D eigenvalue weighted by molar-refractivity contribution is 0.894. The van der Waals surface area contributed by atoms with E-state index in [1.54, 1.807) is 6.08 Å². The summed E-state index contributed by atoms with van der Waals surface area (Å²) in [6.07, 6.45) is 14.8. The highest BCUT2D eigenvalue weighted by Crippen LogP contribution is 2.17. The molecular formula is C22H18N6. The second-order valence-electron chi connectivity index (χ2n) is 6.32. The molecule has 2 aliphatic carbocycles. The van der Waals surface area contributed by atoms with E-state index in [9.17, 15) is 0 Å². The normalized spacial score (nSPS) is 16.3. The Labute approximate surface area is 162 Å². The molecule has 6 nitrogen and oxygen atoms in total. The zero-order valence-electron chi connectivity index (χ0n) is 15.3. The molecular weight excluding hydrogens is 348 g/mol. The number of nitrogens with one attached hydrogen (secondary N) is 1. The molecule has 136 valence electrons. The summed E-state index contributed by atoms with van der Waals surface area (Å²) in [6.45, 7) is 0. The van der Waals surface area contributed by atoms with Crippen molar-refractivity contribution in [2.75, 3.05) is 0 Å². The molecule has 1 N–H and O–H groups in total. The number of hydrogen-bond acceptors (Lipinski definition) is 5. The topological polar surface area (TPSA) is 78.2 Å². The first-order valence-electron chi connectivity index (χ1n) is 8.81. The number of fused-ring (bicyclic) bond motifs is 1. The average Bonchev–Trinajstić information content (AvgIpc) is 2.74. The molecule has 1 aromatic heterocycles. The standard InChI is InChI=1S/C22H18N6/c1-28-14-12-18(13-15-28)25-24-16-6-8-17(9-7-16)26-27-22-11-10-21(23)19-4-2-3-5-20(19)22/h2-15,23H,1H3/b23-21?,24-16?,26-17?,27-22+. The van der Waals surface area contributed by atoms with Crippen LogP contribution in [-0.2, 0) is 7.05 Å². The number of pyridine rings is 1. The van der Waals surface area contributed by atoms with Crippen LogP contribution in [0.25, 0.3) is 0 Å². The van der Waals surface area contributed by atoms with Crippen molar-refractivity contribution in [3.8, 4) is 0 Å². The highest BCUT2D eigenvalue weighted by atomic mass is 15.2. The van der Waals surface area contributed by atoms with Gasteiger partial charge in [-0.25, -0.2) is 0 Å². The highest BCUT2D eigenvalue weighted by molar-refractivity contribution is 6.25. The van der Waals surface area contributed by atoms with E-state index in [2.05, 4.69) is 20.4 Å². The van der Waals surface area contributed by atoms with Crippen molar-refractivity contribution < 1.29 is 0 Å². The van der Waals surface area contributed by atoms with Crippen LogP contribution in [0.1, 0.15) is 11.1 Å². The van der Waals surface area contributed by atoms with Gasteiger partial charge in [-0.1, -0.05) is 24.3 Å². The van der Waals surface area contributed by atoms with Gasteiger partial charge in [0, 0.05) is 30.6 Å². The van der Waals surface area contributed by atoms with Gasteiger partial charge >= 0.3 is 0 Å². The maximum absolute atomic E-state index is 8.00. The van der Waals surface area contributed by atoms with Gasteiger partial charge in [-0.3, -0.25) is 0 Å². The lowest BCUT2D eigenvalue weighted by Gasteiger charge is -2.12. The molecule has 0 radical (unpaired) electrons. The molecule has 2 aliphatic rings. The molecule has 0 saturated heterocycles. The zero-order valence-corrected chi connectivity index (χ0v) is 15.3. The first-order chi connectivity index (χ1) is 13.7. The maximum atomic E-state index is 8.00. The fourth-order valence-corrected chi connectivity index (χ4v) is 2.74. The Bertz CT molecular complexity index is 1150. The van der Waals surface area contributed by atoms with E-state index in [1.807, 2.05) is 90.8 Å². The van der Waals surface area contributed by atoms with E-state index in [4.69, 9.17) is 5.41 Å². The third kappa shape index (κ3) is 3.91. The van der Waals surface area contributed by atoms with E-state index in [0.717, 1.165) is 33.6 Å². The smallest absolute Gasteiger partial charge is 0.0936 e. The van der Waals surface area contributed by atoms with E-state index in [0.29, 0.717) is 5.71 Å². The molecule has 0 spiro atoms. The molecule has 0 saturated carbocycles. The zero-order chi connectivity index (χ0) is 19.3. The Morgan fingerprint density at radius 3 is 1.96 bits per heavy atom. The van der Waals surface area contributed by atoms with E-state index >= 15 is 0 Å². The number of hydrogen-bond donors (Lipinski definition) is 1. The van der Waals surface area contributed by atoms with Crippen LogP contribution in [0, 0.1) is 5.41 Å². The lowest BCUT2D eigenvalue weighted by atomic mass is 9.94. The van der Waals surface area contributed by atoms with Gasteiger partial charge in [0.1, 0.15) is 0 Å². The molecule has 0 aliphatic heterocycles. The molecule has 6 heteroatoms. The Hall–Kier alpha value is -3.93. The number of aromatic nitrogens is 1. The van der Waals surface area contributed by atoms with Gasteiger partial charge in [-0.2, -0.15) is 15.3 Å². The molecule has 28 heavy (non-hydrogen) atoms. The monoisotopic (exact) mass is 366 g/mol. The molecule has 0 bridgehead atoms. The van der Waals surface area contributed by atoms with Crippen molar-refractivity contribution in [3.63, 3.8) is 0 Å². The predicted octanol–water partition coefficient (Wildman–Crippen LogP) is 3.19. The van der Waals surface area contributed by atoms with Crippen LogP contribution in [0.15, 0.2) is 106 Å². The Balaban J connectivity index is 1.53. The number of rotatable bonds is 2. The summed E-state index contributed by atoms with van der Waals surface area (Å²) in [6, 6.07) is 11.5. The molecule has 0 atom stereocenters. The minimum absolute atomic E-state index is 0.483. The predicted molar refractivity (Wildman–Crippen MR) is 113 cm³/mol. The fraction of sp³-hybridized carbons (Fsp3) is 0.0455. The van der Waals surface area contributed by atoms with Gasteiger partial charge in [0.25, 0.3) is 0 Å². The highest BCUT2D eigenvalue weighted by Gasteiger charge is 2.14. The molecule has 0 fully saturated rings. The van der Waals surface area contributed by atoms with Crippen LogP contribution in [0.4, 0.5) is 0 Å². The van der Waals surface area contributed by atoms with E-state index < -0.39 is 0 Å². The third-order valence-electron chi connectivity index (χ3n) is 4.27. The SMILES string of the molecule is Cn1ccc(=NN=C2C=CC(=N/N=C3\C=CC(=N)c4ccccc43)C=C2)cc1. The van der Waals surface area contributed by atoms with Gasteiger partial charge in [0.2, 0.25) is 0 Å². The second-order valence-corrected chi connectivity index (χ2v) is 6.32. The van der Waals surface area contributed by atoms with Crippen LogP contribution in [0.5, 0.6) is 0 Å². The minimum Gasteiger partial charge on any atom is -0.357 e. The number of nitrogens with zero attached hydrogens (tertiary/aromatic N) is 5. The van der Waals surface area contributed by atoms with Crippen LogP contribution in [0.3, 0.4) is 0 Å². The summed E-state index contributed by atoms with van der Waals surface area (Å²) in [5.41, 5.74) is 4.48. The first-order valence-corrected chi connectivity index (χ1v) is 8.81. The minimum atomic E-state index is 0.483.